The van der Waals surface area contributed by atoms with Gasteiger partial charge in [-0.2, -0.15) is 0 Å². The predicted molar refractivity (Wildman–Crippen MR) is 101 cm³/mol. The van der Waals surface area contributed by atoms with Crippen LogP contribution in [0.25, 0.3) is 21.8 Å². The van der Waals surface area contributed by atoms with Crippen molar-refractivity contribution in [2.45, 2.75) is 4.90 Å². The number of halogens is 2. The van der Waals surface area contributed by atoms with E-state index in [2.05, 4.69) is 14.7 Å². The second kappa shape index (κ2) is 6.41. The van der Waals surface area contributed by atoms with Crippen molar-refractivity contribution in [2.24, 2.45) is 0 Å². The number of aromatic carboxylic acids is 1. The molecule has 0 bridgehead atoms. The number of H-pyrrole nitrogens is 2. The number of aromatic nitrogens is 2. The largest absolute Gasteiger partial charge is 0.478 e. The number of anilines is 1. The van der Waals surface area contributed by atoms with Crippen molar-refractivity contribution in [3.63, 3.8) is 0 Å². The summed E-state index contributed by atoms with van der Waals surface area (Å²) in [5.74, 6) is -3.64. The molecule has 0 radical (unpaired) electrons. The first-order chi connectivity index (χ1) is 13.7. The number of hydrogen-bond donors (Lipinski definition) is 4. The van der Waals surface area contributed by atoms with Gasteiger partial charge in [-0.1, -0.05) is 0 Å². The highest BCUT2D eigenvalue weighted by atomic mass is 32.2. The van der Waals surface area contributed by atoms with Crippen LogP contribution in [0.2, 0.25) is 0 Å². The minimum absolute atomic E-state index is 0.0157. The maximum Gasteiger partial charge on any atom is 0.337 e. The van der Waals surface area contributed by atoms with Crippen molar-refractivity contribution in [3.8, 4) is 0 Å². The number of aromatic amines is 2. The number of fused-ring (bicyclic) bond motifs is 3. The number of rotatable bonds is 4. The molecular weight excluding hydrogens is 408 g/mol. The third-order valence-electron chi connectivity index (χ3n) is 4.33. The molecule has 0 aliphatic rings. The Morgan fingerprint density at radius 3 is 2.52 bits per heavy atom. The van der Waals surface area contributed by atoms with Gasteiger partial charge in [0.25, 0.3) is 15.6 Å². The molecule has 0 amide bonds. The van der Waals surface area contributed by atoms with Crippen LogP contribution in [-0.2, 0) is 10.0 Å². The van der Waals surface area contributed by atoms with E-state index in [1.165, 1.54) is 18.2 Å². The number of hydrogen-bond acceptors (Lipinski definition) is 4. The molecule has 0 aliphatic heterocycles. The van der Waals surface area contributed by atoms with Crippen molar-refractivity contribution in [3.05, 3.63) is 70.1 Å². The van der Waals surface area contributed by atoms with Crippen LogP contribution in [-0.4, -0.2) is 29.5 Å². The molecule has 2 aromatic carbocycles. The number of carbonyl (C=O) groups is 1. The van der Waals surface area contributed by atoms with E-state index in [9.17, 15) is 31.9 Å². The predicted octanol–water partition coefficient (Wildman–Crippen LogP) is 2.79. The minimum Gasteiger partial charge on any atom is -0.478 e. The number of sulfonamides is 1. The van der Waals surface area contributed by atoms with Crippen LogP contribution >= 0.6 is 0 Å². The average molecular weight is 419 g/mol. The fraction of sp³-hybridized carbons (Fsp3) is 0. The van der Waals surface area contributed by atoms with Crippen LogP contribution in [0.4, 0.5) is 14.5 Å². The molecule has 0 saturated carbocycles. The van der Waals surface area contributed by atoms with Crippen LogP contribution in [0, 0.1) is 11.6 Å². The van der Waals surface area contributed by atoms with Gasteiger partial charge in [-0.05, 0) is 30.3 Å². The van der Waals surface area contributed by atoms with E-state index in [0.717, 1.165) is 18.3 Å². The maximum absolute atomic E-state index is 13.4. The van der Waals surface area contributed by atoms with Gasteiger partial charge in [0.2, 0.25) is 0 Å². The smallest absolute Gasteiger partial charge is 0.337 e. The normalized spacial score (nSPS) is 11.8. The number of nitrogens with one attached hydrogen (secondary N) is 3. The van der Waals surface area contributed by atoms with Gasteiger partial charge in [-0.3, -0.25) is 9.52 Å². The molecule has 11 heteroatoms. The average Bonchev–Trinajstić information content (AvgIpc) is 3.11. The van der Waals surface area contributed by atoms with E-state index in [1.807, 2.05) is 0 Å². The number of benzene rings is 2. The van der Waals surface area contributed by atoms with E-state index < -0.39 is 33.2 Å². The molecule has 0 fully saturated rings. The zero-order valence-electron chi connectivity index (χ0n) is 14.3. The molecule has 4 aromatic rings. The van der Waals surface area contributed by atoms with Crippen LogP contribution in [0.15, 0.2) is 52.3 Å². The molecular formula is C18H11F2N3O5S. The molecule has 2 heterocycles. The van der Waals surface area contributed by atoms with Gasteiger partial charge in [-0.15, -0.1) is 0 Å². The minimum atomic E-state index is -4.22. The second-order valence-electron chi connectivity index (χ2n) is 6.15. The van der Waals surface area contributed by atoms with Crippen LogP contribution in [0.3, 0.4) is 0 Å². The lowest BCUT2D eigenvalue weighted by Gasteiger charge is -2.10. The Kier molecular flexibility index (Phi) is 4.12. The lowest BCUT2D eigenvalue weighted by atomic mass is 10.1. The Balaban J connectivity index is 1.90. The monoisotopic (exact) mass is 419 g/mol. The zero-order valence-corrected chi connectivity index (χ0v) is 15.1. The van der Waals surface area contributed by atoms with Crippen molar-refractivity contribution in [2.75, 3.05) is 4.72 Å². The van der Waals surface area contributed by atoms with Crippen LogP contribution in [0.5, 0.6) is 0 Å². The molecule has 29 heavy (non-hydrogen) atoms. The van der Waals surface area contributed by atoms with E-state index in [-0.39, 0.29) is 38.0 Å². The topological polar surface area (TPSA) is 132 Å². The van der Waals surface area contributed by atoms with Gasteiger partial charge in [0.1, 0.15) is 5.52 Å². The van der Waals surface area contributed by atoms with E-state index >= 15 is 0 Å². The summed E-state index contributed by atoms with van der Waals surface area (Å²) in [6.45, 7) is 0. The summed E-state index contributed by atoms with van der Waals surface area (Å²) < 4.78 is 53.9. The van der Waals surface area contributed by atoms with Crippen LogP contribution in [0.1, 0.15) is 10.4 Å². The Bertz CT molecular complexity index is 1470. The molecule has 2 aromatic heterocycles. The van der Waals surface area contributed by atoms with E-state index in [4.69, 9.17) is 0 Å². The first kappa shape index (κ1) is 18.6. The van der Waals surface area contributed by atoms with E-state index in [1.54, 1.807) is 0 Å². The van der Waals surface area contributed by atoms with Gasteiger partial charge in [0.05, 0.1) is 16.1 Å². The second-order valence-corrected chi connectivity index (χ2v) is 7.84. The van der Waals surface area contributed by atoms with Crippen molar-refractivity contribution in [1.82, 2.24) is 9.97 Å². The Morgan fingerprint density at radius 1 is 1.07 bits per heavy atom. The molecule has 8 nitrogen and oxygen atoms in total. The van der Waals surface area contributed by atoms with Gasteiger partial charge >= 0.3 is 5.97 Å². The highest BCUT2D eigenvalue weighted by Crippen LogP contribution is 2.28. The van der Waals surface area contributed by atoms with Crippen molar-refractivity contribution in [1.29, 1.82) is 0 Å². The summed E-state index contributed by atoms with van der Waals surface area (Å²) >= 11 is 0. The van der Waals surface area contributed by atoms with Gasteiger partial charge in [0.15, 0.2) is 11.6 Å². The first-order valence-electron chi connectivity index (χ1n) is 8.05. The van der Waals surface area contributed by atoms with E-state index in [0.29, 0.717) is 6.07 Å². The molecule has 4 N–H and O–H groups in total. The zero-order chi connectivity index (χ0) is 20.9. The van der Waals surface area contributed by atoms with Gasteiger partial charge in [-0.25, -0.2) is 22.0 Å². The van der Waals surface area contributed by atoms with Gasteiger partial charge < -0.3 is 15.1 Å². The lowest BCUT2D eigenvalue weighted by Crippen LogP contribution is -2.14. The van der Waals surface area contributed by atoms with Crippen LogP contribution < -0.4 is 10.3 Å². The standard InChI is InChI=1S/C18H11F2N3O5S/c19-12-3-1-8(5-13(12)20)23-29(27,28)9-2-4-14-10(6-9)15-11(18(25)26)7-21-16(15)17(24)22-14/h1-7,21,23H,(H,22,24)(H,25,26). The highest BCUT2D eigenvalue weighted by molar-refractivity contribution is 7.92. The Hall–Kier alpha value is -3.73. The quantitative estimate of drug-likeness (QED) is 0.404. The SMILES string of the molecule is O=C(O)c1c[nH]c2c(=O)[nH]c3ccc(S(=O)(=O)Nc4ccc(F)c(F)c4)cc3c12. The molecule has 0 spiro atoms. The number of pyridine rings is 1. The summed E-state index contributed by atoms with van der Waals surface area (Å²) in [5, 5.41) is 9.61. The van der Waals surface area contributed by atoms with Crippen molar-refractivity contribution >= 4 is 43.5 Å². The Labute approximate surface area is 160 Å². The maximum atomic E-state index is 13.4. The van der Waals surface area contributed by atoms with Gasteiger partial charge in [0, 0.05) is 28.6 Å². The molecule has 0 atom stereocenters. The van der Waals surface area contributed by atoms with Crippen molar-refractivity contribution < 1.29 is 27.1 Å². The Morgan fingerprint density at radius 2 is 1.83 bits per heavy atom. The fourth-order valence-electron chi connectivity index (χ4n) is 3.02. The molecule has 148 valence electrons. The highest BCUT2D eigenvalue weighted by Gasteiger charge is 2.20. The first-order valence-corrected chi connectivity index (χ1v) is 9.54. The third-order valence-corrected chi connectivity index (χ3v) is 5.71. The third kappa shape index (κ3) is 3.10. The fourth-order valence-corrected chi connectivity index (χ4v) is 4.09. The molecule has 4 rings (SSSR count). The lowest BCUT2D eigenvalue weighted by molar-refractivity contribution is 0.0699. The molecule has 0 aliphatic carbocycles. The summed E-state index contributed by atoms with van der Waals surface area (Å²) in [6.07, 6.45) is 1.14. The summed E-state index contributed by atoms with van der Waals surface area (Å²) in [4.78, 5) is 28.5. The summed E-state index contributed by atoms with van der Waals surface area (Å²) in [5.41, 5.74) is -0.729. The summed E-state index contributed by atoms with van der Waals surface area (Å²) in [6, 6.07) is 6.23. The number of carboxylic acid groups (broad SMARTS) is 1. The summed E-state index contributed by atoms with van der Waals surface area (Å²) in [7, 11) is -4.22. The molecule has 0 saturated heterocycles. The molecule has 0 unspecified atom stereocenters. The number of carboxylic acids is 1.